The van der Waals surface area contributed by atoms with E-state index >= 15 is 0 Å². The number of ether oxygens (including phenoxy) is 1. The number of hydrogen-bond donors (Lipinski definition) is 0. The van der Waals surface area contributed by atoms with Gasteiger partial charge in [-0.2, -0.15) is 0 Å². The summed E-state index contributed by atoms with van der Waals surface area (Å²) in [6, 6.07) is 10.8. The van der Waals surface area contributed by atoms with Crippen LogP contribution in [0.4, 0.5) is 5.69 Å². The molecule has 4 nitrogen and oxygen atoms in total. The van der Waals surface area contributed by atoms with Crippen LogP contribution in [0.15, 0.2) is 24.3 Å². The summed E-state index contributed by atoms with van der Waals surface area (Å²) in [6.45, 7) is 8.93. The largest absolute Gasteiger partial charge is 0.379 e. The minimum atomic E-state index is -0.00621. The number of anilines is 1. The summed E-state index contributed by atoms with van der Waals surface area (Å²) in [7, 11) is 0. The van der Waals surface area contributed by atoms with Crippen molar-refractivity contribution < 1.29 is 9.53 Å². The molecule has 0 bridgehead atoms. The minimum absolute atomic E-state index is 0.00621. The van der Waals surface area contributed by atoms with E-state index < -0.39 is 0 Å². The lowest BCUT2D eigenvalue weighted by Gasteiger charge is -2.30. The highest BCUT2D eigenvalue weighted by atomic mass is 16.5. The second-order valence-electron chi connectivity index (χ2n) is 5.35. The quantitative estimate of drug-likeness (QED) is 0.821. The average molecular weight is 275 g/mol. The van der Waals surface area contributed by atoms with Crippen molar-refractivity contribution in [2.75, 3.05) is 44.3 Å². The normalized spacial score (nSPS) is 16.4. The second-order valence-corrected chi connectivity index (χ2v) is 5.35. The van der Waals surface area contributed by atoms with Crippen molar-refractivity contribution in [3.8, 4) is 0 Å². The third kappa shape index (κ3) is 4.05. The predicted molar refractivity (Wildman–Crippen MR) is 79.7 cm³/mol. The number of hydrogen-bond acceptors (Lipinski definition) is 3. The molecule has 0 atom stereocenters. The Morgan fingerprint density at radius 1 is 1.40 bits per heavy atom. The Labute approximate surface area is 121 Å². The number of nitrogens with zero attached hydrogens (tertiary/aromatic N) is 2. The number of amides is 1. The van der Waals surface area contributed by atoms with Crippen molar-refractivity contribution in [2.45, 2.75) is 13.8 Å². The Kier molecular flexibility index (Phi) is 5.56. The van der Waals surface area contributed by atoms with Crippen LogP contribution >= 0.6 is 0 Å². The maximum atomic E-state index is 12.4. The van der Waals surface area contributed by atoms with Gasteiger partial charge in [0.25, 0.3) is 0 Å². The van der Waals surface area contributed by atoms with E-state index in [1.54, 1.807) is 0 Å². The maximum Gasteiger partial charge on any atom is 0.229 e. The van der Waals surface area contributed by atoms with Gasteiger partial charge in [-0.3, -0.25) is 9.69 Å². The zero-order valence-corrected chi connectivity index (χ0v) is 12.3. The highest BCUT2D eigenvalue weighted by Crippen LogP contribution is 2.15. The minimum Gasteiger partial charge on any atom is -0.379 e. The molecule has 0 unspecified atom stereocenters. The van der Waals surface area contributed by atoms with Crippen LogP contribution in [0.2, 0.25) is 0 Å². The third-order valence-electron chi connectivity index (χ3n) is 3.49. The molecule has 0 spiro atoms. The summed E-state index contributed by atoms with van der Waals surface area (Å²) in [5, 5.41) is 0. The molecule has 1 fully saturated rings. The molecule has 1 heterocycles. The molecular formula is C16H23N2O2. The first kappa shape index (κ1) is 15.0. The summed E-state index contributed by atoms with van der Waals surface area (Å²) < 4.78 is 5.35. The van der Waals surface area contributed by atoms with Gasteiger partial charge in [-0.25, -0.2) is 0 Å². The van der Waals surface area contributed by atoms with Crippen molar-refractivity contribution in [2.24, 2.45) is 5.92 Å². The van der Waals surface area contributed by atoms with E-state index in [9.17, 15) is 4.79 Å². The number of morpholine rings is 1. The van der Waals surface area contributed by atoms with E-state index in [-0.39, 0.29) is 11.8 Å². The van der Waals surface area contributed by atoms with Crippen molar-refractivity contribution in [3.05, 3.63) is 30.3 Å². The molecule has 0 aliphatic carbocycles. The van der Waals surface area contributed by atoms with Crippen molar-refractivity contribution in [1.82, 2.24) is 4.90 Å². The van der Waals surface area contributed by atoms with Gasteiger partial charge in [-0.1, -0.05) is 32.0 Å². The Hall–Kier alpha value is -1.39. The summed E-state index contributed by atoms with van der Waals surface area (Å²) >= 11 is 0. The molecule has 2 rings (SSSR count). The first-order valence-electron chi connectivity index (χ1n) is 7.26. The van der Waals surface area contributed by atoms with Crippen LogP contribution in [0.25, 0.3) is 0 Å². The van der Waals surface area contributed by atoms with E-state index in [0.717, 1.165) is 38.5 Å². The molecule has 0 aromatic heterocycles. The highest BCUT2D eigenvalue weighted by Gasteiger charge is 2.20. The molecule has 1 aromatic carbocycles. The standard InChI is InChI=1S/C16H23N2O2/c1-14(2)16(19)18(15-6-4-3-5-7-15)9-8-17-10-12-20-13-11-17/h3-6,14H,8-13H2,1-2H3. The molecule has 1 radical (unpaired) electrons. The van der Waals surface area contributed by atoms with Gasteiger partial charge in [0.15, 0.2) is 0 Å². The Bertz CT molecular complexity index is 414. The van der Waals surface area contributed by atoms with Crippen LogP contribution in [-0.4, -0.2) is 50.2 Å². The van der Waals surface area contributed by atoms with Crippen molar-refractivity contribution in [1.29, 1.82) is 0 Å². The van der Waals surface area contributed by atoms with Crippen LogP contribution in [0, 0.1) is 12.0 Å². The van der Waals surface area contributed by atoms with Gasteiger partial charge in [-0.05, 0) is 6.07 Å². The lowest BCUT2D eigenvalue weighted by molar-refractivity contribution is -0.121. The van der Waals surface area contributed by atoms with Crippen LogP contribution in [0.3, 0.4) is 0 Å². The number of benzene rings is 1. The van der Waals surface area contributed by atoms with E-state index in [4.69, 9.17) is 4.74 Å². The molecule has 0 N–H and O–H groups in total. The van der Waals surface area contributed by atoms with Gasteiger partial charge in [0.05, 0.1) is 18.9 Å². The number of carbonyl (C=O) groups is 1. The van der Waals surface area contributed by atoms with Gasteiger partial charge in [0.2, 0.25) is 5.91 Å². The molecule has 1 saturated heterocycles. The van der Waals surface area contributed by atoms with Gasteiger partial charge >= 0.3 is 0 Å². The predicted octanol–water partition coefficient (Wildman–Crippen LogP) is 1.81. The molecule has 0 saturated carbocycles. The zero-order valence-electron chi connectivity index (χ0n) is 12.3. The van der Waals surface area contributed by atoms with Crippen molar-refractivity contribution >= 4 is 11.6 Å². The van der Waals surface area contributed by atoms with Crippen LogP contribution in [0.5, 0.6) is 0 Å². The fourth-order valence-corrected chi connectivity index (χ4v) is 2.28. The fraction of sp³-hybridized carbons (Fsp3) is 0.562. The lowest BCUT2D eigenvalue weighted by Crippen LogP contribution is -2.44. The van der Waals surface area contributed by atoms with Gasteiger partial charge in [-0.15, -0.1) is 0 Å². The SMILES string of the molecule is CC(C)C(=O)N(CCN1CCOCC1)c1[c]cccc1. The monoisotopic (exact) mass is 275 g/mol. The lowest BCUT2D eigenvalue weighted by atomic mass is 10.1. The van der Waals surface area contributed by atoms with E-state index in [1.165, 1.54) is 0 Å². The van der Waals surface area contributed by atoms with Gasteiger partial charge in [0.1, 0.15) is 0 Å². The van der Waals surface area contributed by atoms with E-state index in [2.05, 4.69) is 11.0 Å². The summed E-state index contributed by atoms with van der Waals surface area (Å²) in [5.41, 5.74) is 0.861. The second kappa shape index (κ2) is 7.41. The number of carbonyl (C=O) groups excluding carboxylic acids is 1. The summed E-state index contributed by atoms with van der Waals surface area (Å²) in [6.07, 6.45) is 0. The topological polar surface area (TPSA) is 32.8 Å². The summed E-state index contributed by atoms with van der Waals surface area (Å²) in [4.78, 5) is 16.6. The molecule has 4 heteroatoms. The average Bonchev–Trinajstić information content (AvgIpc) is 2.49. The molecule has 1 aliphatic heterocycles. The summed E-state index contributed by atoms with van der Waals surface area (Å²) in [5.74, 6) is 0.147. The number of para-hydroxylation sites is 1. The highest BCUT2D eigenvalue weighted by molar-refractivity contribution is 5.94. The molecule has 1 amide bonds. The maximum absolute atomic E-state index is 12.4. The van der Waals surface area contributed by atoms with Crippen LogP contribution < -0.4 is 4.90 Å². The van der Waals surface area contributed by atoms with E-state index in [1.807, 2.05) is 43.0 Å². The Morgan fingerprint density at radius 2 is 2.15 bits per heavy atom. The van der Waals surface area contributed by atoms with E-state index in [0.29, 0.717) is 6.54 Å². The molecular weight excluding hydrogens is 252 g/mol. The number of rotatable bonds is 5. The molecule has 109 valence electrons. The molecule has 1 aliphatic rings. The van der Waals surface area contributed by atoms with Crippen LogP contribution in [-0.2, 0) is 9.53 Å². The smallest absolute Gasteiger partial charge is 0.229 e. The van der Waals surface area contributed by atoms with Gasteiger partial charge < -0.3 is 9.64 Å². The fourth-order valence-electron chi connectivity index (χ4n) is 2.28. The third-order valence-corrected chi connectivity index (χ3v) is 3.49. The first-order valence-corrected chi connectivity index (χ1v) is 7.26. The molecule has 1 aromatic rings. The zero-order chi connectivity index (χ0) is 14.4. The Morgan fingerprint density at radius 3 is 2.75 bits per heavy atom. The first-order chi connectivity index (χ1) is 9.68. The van der Waals surface area contributed by atoms with Crippen molar-refractivity contribution in [3.63, 3.8) is 0 Å². The molecule has 20 heavy (non-hydrogen) atoms. The van der Waals surface area contributed by atoms with Crippen LogP contribution in [0.1, 0.15) is 13.8 Å². The van der Waals surface area contributed by atoms with Gasteiger partial charge in [0, 0.05) is 38.2 Å². The Balaban J connectivity index is 2.01.